The van der Waals surface area contributed by atoms with E-state index in [1.807, 2.05) is 0 Å². The van der Waals surface area contributed by atoms with Gasteiger partial charge in [0.25, 0.3) is 0 Å². The molecule has 2 amide bonds. The van der Waals surface area contributed by atoms with E-state index in [1.54, 1.807) is 18.2 Å². The van der Waals surface area contributed by atoms with Crippen LogP contribution in [-0.4, -0.2) is 28.8 Å². The number of aliphatic hydroxyl groups is 1. The molecule has 0 spiro atoms. The summed E-state index contributed by atoms with van der Waals surface area (Å²) < 4.78 is 0. The van der Waals surface area contributed by atoms with Gasteiger partial charge in [-0.1, -0.05) is 44.2 Å². The van der Waals surface area contributed by atoms with E-state index in [0.29, 0.717) is 5.56 Å². The lowest BCUT2D eigenvalue weighted by Gasteiger charge is -2.21. The second-order valence-electron chi connectivity index (χ2n) is 6.01. The van der Waals surface area contributed by atoms with E-state index in [4.69, 9.17) is 0 Å². The van der Waals surface area contributed by atoms with E-state index in [1.165, 1.54) is 25.3 Å². The van der Waals surface area contributed by atoms with Crippen molar-refractivity contribution in [3.8, 4) is 5.75 Å². The van der Waals surface area contributed by atoms with Gasteiger partial charge in [0, 0.05) is 12.6 Å². The standard InChI is InChI=1S/C17H26N2O3/c20-15-10-6-7-13(11-15)16(21)12-18-17(22)19-14-8-4-2-1-3-5-9-14/h6-7,10-11,14,16,20-21H,1-5,8-9,12H2,(H2,18,19,22)/t16-/m0/s1. The summed E-state index contributed by atoms with van der Waals surface area (Å²) >= 11 is 0. The van der Waals surface area contributed by atoms with Crippen molar-refractivity contribution in [3.63, 3.8) is 0 Å². The minimum absolute atomic E-state index is 0.107. The smallest absolute Gasteiger partial charge is 0.315 e. The Kier molecular flexibility index (Phi) is 6.52. The van der Waals surface area contributed by atoms with Gasteiger partial charge in [-0.05, 0) is 30.5 Å². The van der Waals surface area contributed by atoms with Crippen LogP contribution in [0.4, 0.5) is 4.79 Å². The van der Waals surface area contributed by atoms with E-state index in [9.17, 15) is 15.0 Å². The third kappa shape index (κ3) is 5.56. The van der Waals surface area contributed by atoms with Crippen LogP contribution in [0.5, 0.6) is 5.75 Å². The molecule has 0 unspecified atom stereocenters. The zero-order chi connectivity index (χ0) is 15.8. The van der Waals surface area contributed by atoms with Gasteiger partial charge in [0.2, 0.25) is 0 Å². The van der Waals surface area contributed by atoms with Crippen molar-refractivity contribution in [1.82, 2.24) is 10.6 Å². The first-order chi connectivity index (χ1) is 10.6. The molecule has 1 aliphatic rings. The zero-order valence-corrected chi connectivity index (χ0v) is 12.9. The SMILES string of the molecule is O=C(NC[C@H](O)c1cccc(O)c1)NC1CCCCCCC1. The van der Waals surface area contributed by atoms with Crippen LogP contribution in [0.25, 0.3) is 0 Å². The summed E-state index contributed by atoms with van der Waals surface area (Å²) in [5.74, 6) is 0.107. The molecule has 1 aromatic rings. The van der Waals surface area contributed by atoms with Crippen molar-refractivity contribution in [3.05, 3.63) is 29.8 Å². The van der Waals surface area contributed by atoms with Gasteiger partial charge in [0.15, 0.2) is 0 Å². The van der Waals surface area contributed by atoms with Crippen molar-refractivity contribution < 1.29 is 15.0 Å². The van der Waals surface area contributed by atoms with Crippen molar-refractivity contribution in [1.29, 1.82) is 0 Å². The average molecular weight is 306 g/mol. The highest BCUT2D eigenvalue weighted by Crippen LogP contribution is 2.18. The third-order valence-corrected chi connectivity index (χ3v) is 4.15. The highest BCUT2D eigenvalue weighted by atomic mass is 16.3. The normalized spacial score (nSPS) is 18.0. The lowest BCUT2D eigenvalue weighted by atomic mass is 9.97. The van der Waals surface area contributed by atoms with Gasteiger partial charge in [-0.2, -0.15) is 0 Å². The van der Waals surface area contributed by atoms with Gasteiger partial charge in [0.05, 0.1) is 6.10 Å². The van der Waals surface area contributed by atoms with Crippen LogP contribution in [0.1, 0.15) is 56.6 Å². The number of phenols is 1. The number of urea groups is 1. The average Bonchev–Trinajstić information content (AvgIpc) is 2.47. The second kappa shape index (κ2) is 8.63. The summed E-state index contributed by atoms with van der Waals surface area (Å²) in [6.07, 6.45) is 7.36. The minimum Gasteiger partial charge on any atom is -0.508 e. The zero-order valence-electron chi connectivity index (χ0n) is 12.9. The predicted octanol–water partition coefficient (Wildman–Crippen LogP) is 2.84. The molecule has 4 N–H and O–H groups in total. The van der Waals surface area contributed by atoms with Crippen molar-refractivity contribution in [2.24, 2.45) is 0 Å². The fraction of sp³-hybridized carbons (Fsp3) is 0.588. The number of carbonyl (C=O) groups is 1. The van der Waals surface area contributed by atoms with E-state index >= 15 is 0 Å². The van der Waals surface area contributed by atoms with Gasteiger partial charge >= 0.3 is 6.03 Å². The maximum absolute atomic E-state index is 11.9. The minimum atomic E-state index is -0.824. The topological polar surface area (TPSA) is 81.6 Å². The Morgan fingerprint density at radius 3 is 2.55 bits per heavy atom. The molecular weight excluding hydrogens is 280 g/mol. The van der Waals surface area contributed by atoms with Crippen LogP contribution < -0.4 is 10.6 Å². The van der Waals surface area contributed by atoms with Gasteiger partial charge in [-0.25, -0.2) is 4.79 Å². The molecule has 1 atom stereocenters. The molecular formula is C17H26N2O3. The van der Waals surface area contributed by atoms with Crippen LogP contribution in [0.2, 0.25) is 0 Å². The number of nitrogens with one attached hydrogen (secondary N) is 2. The molecule has 0 bridgehead atoms. The largest absolute Gasteiger partial charge is 0.508 e. The van der Waals surface area contributed by atoms with Gasteiger partial charge in [-0.3, -0.25) is 0 Å². The monoisotopic (exact) mass is 306 g/mol. The van der Waals surface area contributed by atoms with Crippen LogP contribution in [0, 0.1) is 0 Å². The Bertz CT molecular complexity index is 471. The first-order valence-corrected chi connectivity index (χ1v) is 8.16. The molecule has 1 saturated carbocycles. The quantitative estimate of drug-likeness (QED) is 0.690. The summed E-state index contributed by atoms with van der Waals surface area (Å²) in [5.41, 5.74) is 0.589. The predicted molar refractivity (Wildman–Crippen MR) is 85.7 cm³/mol. The molecule has 0 aromatic heterocycles. The Balaban J connectivity index is 1.74. The molecule has 5 nitrogen and oxygen atoms in total. The highest BCUT2D eigenvalue weighted by molar-refractivity contribution is 5.74. The van der Waals surface area contributed by atoms with Crippen molar-refractivity contribution in [2.45, 2.75) is 57.1 Å². The number of carbonyl (C=O) groups excluding carboxylic acids is 1. The molecule has 122 valence electrons. The molecule has 5 heteroatoms. The Hall–Kier alpha value is -1.75. The Morgan fingerprint density at radius 2 is 1.86 bits per heavy atom. The molecule has 22 heavy (non-hydrogen) atoms. The molecule has 2 rings (SSSR count). The van der Waals surface area contributed by atoms with Crippen LogP contribution in [0.15, 0.2) is 24.3 Å². The number of rotatable bonds is 4. The highest BCUT2D eigenvalue weighted by Gasteiger charge is 2.15. The van der Waals surface area contributed by atoms with Gasteiger partial charge < -0.3 is 20.8 Å². The van der Waals surface area contributed by atoms with Crippen molar-refractivity contribution in [2.75, 3.05) is 6.54 Å². The van der Waals surface area contributed by atoms with E-state index in [-0.39, 0.29) is 24.4 Å². The summed E-state index contributed by atoms with van der Waals surface area (Å²) in [4.78, 5) is 11.9. The van der Waals surface area contributed by atoms with Crippen LogP contribution in [-0.2, 0) is 0 Å². The number of phenolic OH excluding ortho intramolecular Hbond substituents is 1. The van der Waals surface area contributed by atoms with E-state index in [2.05, 4.69) is 10.6 Å². The number of aliphatic hydroxyl groups excluding tert-OH is 1. The molecule has 1 aromatic carbocycles. The van der Waals surface area contributed by atoms with Crippen LogP contribution >= 0.6 is 0 Å². The maximum Gasteiger partial charge on any atom is 0.315 e. The summed E-state index contributed by atoms with van der Waals surface area (Å²) in [6, 6.07) is 6.44. The first kappa shape index (κ1) is 16.6. The molecule has 0 radical (unpaired) electrons. The number of benzene rings is 1. The molecule has 1 fully saturated rings. The second-order valence-corrected chi connectivity index (χ2v) is 6.01. The summed E-state index contributed by atoms with van der Waals surface area (Å²) in [7, 11) is 0. The lowest BCUT2D eigenvalue weighted by molar-refractivity contribution is 0.172. The Labute approximate surface area is 131 Å². The number of amides is 2. The number of hydrogen-bond acceptors (Lipinski definition) is 3. The van der Waals surface area contributed by atoms with Gasteiger partial charge in [-0.15, -0.1) is 0 Å². The fourth-order valence-corrected chi connectivity index (χ4v) is 2.88. The van der Waals surface area contributed by atoms with Crippen LogP contribution in [0.3, 0.4) is 0 Å². The third-order valence-electron chi connectivity index (χ3n) is 4.15. The maximum atomic E-state index is 11.9. The van der Waals surface area contributed by atoms with E-state index < -0.39 is 6.10 Å². The molecule has 0 saturated heterocycles. The van der Waals surface area contributed by atoms with E-state index in [0.717, 1.165) is 25.7 Å². The fourth-order valence-electron chi connectivity index (χ4n) is 2.88. The molecule has 1 aliphatic carbocycles. The molecule has 0 heterocycles. The molecule has 0 aliphatic heterocycles. The van der Waals surface area contributed by atoms with Gasteiger partial charge in [0.1, 0.15) is 5.75 Å². The van der Waals surface area contributed by atoms with Crippen molar-refractivity contribution >= 4 is 6.03 Å². The summed E-state index contributed by atoms with van der Waals surface area (Å²) in [6.45, 7) is 0.127. The number of hydrogen-bond donors (Lipinski definition) is 4. The first-order valence-electron chi connectivity index (χ1n) is 8.16. The number of aromatic hydroxyl groups is 1. The summed E-state index contributed by atoms with van der Waals surface area (Å²) in [5, 5.41) is 25.1. The Morgan fingerprint density at radius 1 is 1.18 bits per heavy atom. The lowest BCUT2D eigenvalue weighted by Crippen LogP contribution is -2.43.